The van der Waals surface area contributed by atoms with Crippen molar-refractivity contribution in [3.63, 3.8) is 0 Å². The second kappa shape index (κ2) is 10.5. The van der Waals surface area contributed by atoms with Crippen LogP contribution in [0.5, 0.6) is 17.2 Å². The van der Waals surface area contributed by atoms with Gasteiger partial charge in [-0.3, -0.25) is 4.79 Å². The summed E-state index contributed by atoms with van der Waals surface area (Å²) in [5, 5.41) is 0.556. The van der Waals surface area contributed by atoms with Crippen molar-refractivity contribution in [3.8, 4) is 28.6 Å². The zero-order valence-electron chi connectivity index (χ0n) is 20.1. The van der Waals surface area contributed by atoms with Crippen LogP contribution in [0.4, 0.5) is 0 Å². The average molecular weight is 459 g/mol. The molecule has 1 aromatic heterocycles. The van der Waals surface area contributed by atoms with Crippen LogP contribution >= 0.6 is 0 Å². The van der Waals surface area contributed by atoms with Crippen LogP contribution in [0.3, 0.4) is 0 Å². The smallest absolute Gasteiger partial charge is 0.235 e. The Balaban J connectivity index is 1.54. The topological polar surface area (TPSA) is 57.9 Å². The minimum atomic E-state index is -0.152. The molecule has 0 amide bonds. The standard InChI is InChI=1S/C29H30O5/c1-19-7-11-24(12-8-19)32-15-5-6-16-33-29-27(30)26-21(3)17-20(2)18-25(26)34-28(29)22-9-13-23(31-4)14-10-22/h7-14,17-18H,5-6,15-16H2,1-4H3. The number of fused-ring (bicyclic) bond motifs is 1. The van der Waals surface area contributed by atoms with Crippen molar-refractivity contribution in [3.05, 3.63) is 87.6 Å². The monoisotopic (exact) mass is 458 g/mol. The van der Waals surface area contributed by atoms with Gasteiger partial charge in [-0.1, -0.05) is 23.8 Å². The number of unbranched alkanes of at least 4 members (excludes halogenated alkanes) is 1. The second-order valence-electron chi connectivity index (χ2n) is 8.49. The van der Waals surface area contributed by atoms with Crippen LogP contribution in [0.2, 0.25) is 0 Å². The molecule has 0 saturated carbocycles. The van der Waals surface area contributed by atoms with Crippen molar-refractivity contribution in [2.75, 3.05) is 20.3 Å². The molecule has 0 saturated heterocycles. The molecular weight excluding hydrogens is 428 g/mol. The summed E-state index contributed by atoms with van der Waals surface area (Å²) in [6.45, 7) is 6.94. The molecule has 34 heavy (non-hydrogen) atoms. The van der Waals surface area contributed by atoms with Crippen LogP contribution in [0.15, 0.2) is 69.9 Å². The second-order valence-corrected chi connectivity index (χ2v) is 8.49. The van der Waals surface area contributed by atoms with E-state index in [0.717, 1.165) is 41.0 Å². The fraction of sp³-hybridized carbons (Fsp3) is 0.276. The molecule has 3 aromatic carbocycles. The largest absolute Gasteiger partial charge is 0.497 e. The maximum Gasteiger partial charge on any atom is 0.235 e. The lowest BCUT2D eigenvalue weighted by Gasteiger charge is -2.13. The molecule has 0 unspecified atom stereocenters. The summed E-state index contributed by atoms with van der Waals surface area (Å²) in [5.74, 6) is 2.26. The van der Waals surface area contributed by atoms with Crippen molar-refractivity contribution < 1.29 is 18.6 Å². The minimum Gasteiger partial charge on any atom is -0.497 e. The third kappa shape index (κ3) is 5.25. The van der Waals surface area contributed by atoms with E-state index in [2.05, 4.69) is 0 Å². The van der Waals surface area contributed by atoms with E-state index in [1.165, 1.54) is 5.56 Å². The first-order valence-electron chi connectivity index (χ1n) is 11.5. The molecule has 0 fully saturated rings. The van der Waals surface area contributed by atoms with E-state index in [9.17, 15) is 4.79 Å². The van der Waals surface area contributed by atoms with Crippen molar-refractivity contribution in [1.29, 1.82) is 0 Å². The number of methoxy groups -OCH3 is 1. The Morgan fingerprint density at radius 2 is 1.41 bits per heavy atom. The number of aryl methyl sites for hydroxylation is 3. The first-order chi connectivity index (χ1) is 16.5. The Morgan fingerprint density at radius 1 is 0.765 bits per heavy atom. The zero-order chi connectivity index (χ0) is 24.1. The number of rotatable bonds is 9. The van der Waals surface area contributed by atoms with Gasteiger partial charge in [0.25, 0.3) is 0 Å². The lowest BCUT2D eigenvalue weighted by molar-refractivity contribution is 0.263. The summed E-state index contributed by atoms with van der Waals surface area (Å²) < 4.78 is 23.4. The predicted octanol–water partition coefficient (Wildman–Crippen LogP) is 6.63. The van der Waals surface area contributed by atoms with Crippen LogP contribution in [-0.4, -0.2) is 20.3 Å². The summed E-state index contributed by atoms with van der Waals surface area (Å²) in [6, 6.07) is 19.3. The van der Waals surface area contributed by atoms with Crippen molar-refractivity contribution in [1.82, 2.24) is 0 Å². The van der Waals surface area contributed by atoms with Gasteiger partial charge in [-0.15, -0.1) is 0 Å². The highest BCUT2D eigenvalue weighted by Gasteiger charge is 2.19. The van der Waals surface area contributed by atoms with E-state index < -0.39 is 0 Å². The van der Waals surface area contributed by atoms with E-state index >= 15 is 0 Å². The van der Waals surface area contributed by atoms with E-state index in [-0.39, 0.29) is 11.2 Å². The van der Waals surface area contributed by atoms with Crippen LogP contribution in [0, 0.1) is 20.8 Å². The Labute approximate surface area is 199 Å². The van der Waals surface area contributed by atoms with Gasteiger partial charge in [-0.2, -0.15) is 0 Å². The van der Waals surface area contributed by atoms with Crippen molar-refractivity contribution >= 4 is 11.0 Å². The third-order valence-corrected chi connectivity index (χ3v) is 5.72. The van der Waals surface area contributed by atoms with Gasteiger partial charge in [0.1, 0.15) is 17.1 Å². The van der Waals surface area contributed by atoms with Gasteiger partial charge in [0.15, 0.2) is 5.76 Å². The van der Waals surface area contributed by atoms with Crippen molar-refractivity contribution in [2.24, 2.45) is 0 Å². The maximum absolute atomic E-state index is 13.5. The number of benzene rings is 3. The summed E-state index contributed by atoms with van der Waals surface area (Å²) in [7, 11) is 1.62. The first-order valence-corrected chi connectivity index (χ1v) is 11.5. The number of ether oxygens (including phenoxy) is 3. The van der Waals surface area contributed by atoms with Gasteiger partial charge in [-0.25, -0.2) is 0 Å². The molecule has 0 aliphatic carbocycles. The number of hydrogen-bond acceptors (Lipinski definition) is 5. The fourth-order valence-corrected chi connectivity index (χ4v) is 3.94. The summed E-state index contributed by atoms with van der Waals surface area (Å²) >= 11 is 0. The third-order valence-electron chi connectivity index (χ3n) is 5.72. The van der Waals surface area contributed by atoms with Crippen LogP contribution in [0.25, 0.3) is 22.3 Å². The van der Waals surface area contributed by atoms with Crippen LogP contribution < -0.4 is 19.6 Å². The normalized spacial score (nSPS) is 10.9. The van der Waals surface area contributed by atoms with Crippen molar-refractivity contribution in [2.45, 2.75) is 33.6 Å². The quantitative estimate of drug-likeness (QED) is 0.263. The molecule has 5 heteroatoms. The molecule has 1 heterocycles. The van der Waals surface area contributed by atoms with Gasteiger partial charge < -0.3 is 18.6 Å². The van der Waals surface area contributed by atoms with Crippen LogP contribution in [-0.2, 0) is 0 Å². The van der Waals surface area contributed by atoms with Gasteiger partial charge in [0.2, 0.25) is 11.2 Å². The Bertz CT molecular complexity index is 1320. The van der Waals surface area contributed by atoms with Gasteiger partial charge >= 0.3 is 0 Å². The average Bonchev–Trinajstić information content (AvgIpc) is 2.83. The Hall–Kier alpha value is -3.73. The lowest BCUT2D eigenvalue weighted by atomic mass is 10.0. The van der Waals surface area contributed by atoms with E-state index in [4.69, 9.17) is 18.6 Å². The van der Waals surface area contributed by atoms with E-state index in [1.807, 2.05) is 81.4 Å². The van der Waals surface area contributed by atoms with E-state index in [1.54, 1.807) is 7.11 Å². The van der Waals surface area contributed by atoms with Gasteiger partial charge in [0, 0.05) is 5.56 Å². The summed E-state index contributed by atoms with van der Waals surface area (Å²) in [4.78, 5) is 13.5. The molecule has 5 nitrogen and oxygen atoms in total. The first kappa shape index (κ1) is 23.4. The molecule has 0 aliphatic heterocycles. The summed E-state index contributed by atoms with van der Waals surface area (Å²) in [5.41, 5.74) is 4.29. The molecule has 0 N–H and O–H groups in total. The van der Waals surface area contributed by atoms with Gasteiger partial charge in [-0.05, 0) is 87.2 Å². The zero-order valence-corrected chi connectivity index (χ0v) is 20.1. The predicted molar refractivity (Wildman–Crippen MR) is 135 cm³/mol. The fourth-order valence-electron chi connectivity index (χ4n) is 3.94. The van der Waals surface area contributed by atoms with Crippen LogP contribution in [0.1, 0.15) is 29.5 Å². The van der Waals surface area contributed by atoms with Gasteiger partial charge in [0.05, 0.1) is 25.7 Å². The molecule has 0 spiro atoms. The maximum atomic E-state index is 13.5. The highest BCUT2D eigenvalue weighted by atomic mass is 16.5. The molecule has 0 bridgehead atoms. The Morgan fingerprint density at radius 3 is 2.09 bits per heavy atom. The highest BCUT2D eigenvalue weighted by Crippen LogP contribution is 2.33. The Kier molecular flexibility index (Phi) is 7.21. The highest BCUT2D eigenvalue weighted by molar-refractivity contribution is 5.85. The van der Waals surface area contributed by atoms with E-state index in [0.29, 0.717) is 29.9 Å². The molecule has 4 aromatic rings. The SMILES string of the molecule is COc1ccc(-c2oc3cc(C)cc(C)c3c(=O)c2OCCCCOc2ccc(C)cc2)cc1. The number of hydrogen-bond donors (Lipinski definition) is 0. The molecule has 4 rings (SSSR count). The molecule has 0 aliphatic rings. The minimum absolute atomic E-state index is 0.152. The molecular formula is C29H30O5. The molecule has 0 atom stereocenters. The molecule has 0 radical (unpaired) electrons. The molecule has 176 valence electrons. The lowest BCUT2D eigenvalue weighted by Crippen LogP contribution is -2.13. The summed E-state index contributed by atoms with van der Waals surface area (Å²) in [6.07, 6.45) is 1.56.